The van der Waals surface area contributed by atoms with Crippen LogP contribution in [-0.4, -0.2) is 62.1 Å². The Bertz CT molecular complexity index is 894. The van der Waals surface area contributed by atoms with E-state index in [4.69, 9.17) is 9.26 Å². The molecule has 162 valence electrons. The monoisotopic (exact) mass is 427 g/mol. The summed E-state index contributed by atoms with van der Waals surface area (Å²) in [6.07, 6.45) is 1.87. The summed E-state index contributed by atoms with van der Waals surface area (Å²) in [6, 6.07) is 1.54. The number of carbonyl (C=O) groups is 2. The minimum atomic E-state index is -3.88. The lowest BCUT2D eigenvalue weighted by atomic mass is 9.70. The molecule has 1 amide bonds. The molecule has 2 atom stereocenters. The lowest BCUT2D eigenvalue weighted by molar-refractivity contribution is -0.128. The van der Waals surface area contributed by atoms with Crippen LogP contribution in [0.3, 0.4) is 0 Å². The zero-order valence-electron chi connectivity index (χ0n) is 17.4. The van der Waals surface area contributed by atoms with Crippen molar-refractivity contribution in [2.45, 2.75) is 40.0 Å². The van der Waals surface area contributed by atoms with E-state index in [9.17, 15) is 18.0 Å². The summed E-state index contributed by atoms with van der Waals surface area (Å²) in [6.45, 7) is 5.45. The Hall–Kier alpha value is -1.78. The van der Waals surface area contributed by atoms with Crippen LogP contribution in [0.4, 0.5) is 5.82 Å². The predicted molar refractivity (Wildman–Crippen MR) is 106 cm³/mol. The van der Waals surface area contributed by atoms with E-state index in [1.165, 1.54) is 7.11 Å². The number of Topliss-reactive ketones (excluding diaryl/α,β-unsaturated/α-hetero) is 1. The molecule has 10 heteroatoms. The predicted octanol–water partition coefficient (Wildman–Crippen LogP) is 1.60. The van der Waals surface area contributed by atoms with Crippen molar-refractivity contribution in [3.63, 3.8) is 0 Å². The van der Waals surface area contributed by atoms with E-state index < -0.39 is 21.3 Å². The molecule has 2 unspecified atom stereocenters. The van der Waals surface area contributed by atoms with Gasteiger partial charge in [0.2, 0.25) is 15.9 Å². The van der Waals surface area contributed by atoms with Crippen molar-refractivity contribution in [1.29, 1.82) is 0 Å². The second-order valence-corrected chi connectivity index (χ2v) is 10.6. The van der Waals surface area contributed by atoms with E-state index in [1.54, 1.807) is 13.0 Å². The van der Waals surface area contributed by atoms with Gasteiger partial charge in [0.1, 0.15) is 11.5 Å². The molecule has 1 aromatic rings. The summed E-state index contributed by atoms with van der Waals surface area (Å²) in [5.41, 5.74) is -1.26. The summed E-state index contributed by atoms with van der Waals surface area (Å²) in [4.78, 5) is 25.2. The molecule has 1 aromatic heterocycles. The number of sulfonamides is 1. The molecule has 29 heavy (non-hydrogen) atoms. The molecule has 2 aliphatic rings. The van der Waals surface area contributed by atoms with Crippen LogP contribution >= 0.6 is 0 Å². The van der Waals surface area contributed by atoms with Gasteiger partial charge in [-0.3, -0.25) is 9.59 Å². The highest BCUT2D eigenvalue weighted by molar-refractivity contribution is 7.89. The van der Waals surface area contributed by atoms with Crippen molar-refractivity contribution in [3.05, 3.63) is 11.8 Å². The molecule has 9 nitrogen and oxygen atoms in total. The number of ether oxygens (including phenoxy) is 1. The van der Waals surface area contributed by atoms with Crippen molar-refractivity contribution in [2.75, 3.05) is 37.9 Å². The van der Waals surface area contributed by atoms with E-state index >= 15 is 0 Å². The Labute approximate surface area is 171 Å². The number of hydrogen-bond acceptors (Lipinski definition) is 7. The van der Waals surface area contributed by atoms with Gasteiger partial charge in [-0.05, 0) is 31.1 Å². The smallest absolute Gasteiger partial charge is 0.240 e. The Morgan fingerprint density at radius 1 is 1.45 bits per heavy atom. The molecule has 0 radical (unpaired) electrons. The van der Waals surface area contributed by atoms with Crippen LogP contribution in [0.15, 0.2) is 10.6 Å². The molecule has 1 heterocycles. The molecular weight excluding hydrogens is 398 g/mol. The molecular formula is C19H29N3O6S. The Balaban J connectivity index is 1.78. The minimum Gasteiger partial charge on any atom is -0.383 e. The van der Waals surface area contributed by atoms with Gasteiger partial charge in [0.05, 0.1) is 18.9 Å². The van der Waals surface area contributed by atoms with Crippen LogP contribution in [0.1, 0.15) is 38.9 Å². The lowest BCUT2D eigenvalue weighted by Crippen LogP contribution is -2.48. The highest BCUT2D eigenvalue weighted by Gasteiger charge is 2.65. The fourth-order valence-electron chi connectivity index (χ4n) is 4.79. The van der Waals surface area contributed by atoms with Crippen LogP contribution < -0.4 is 5.32 Å². The standard InChI is InChI=1S/C19H29N3O6S/c1-13-9-16(21-28-13)20-17(24)11-22(7-8-27-4)29(25,26)12-19-6-5-14(10-15(19)23)18(19,2)3/h9,14H,5-8,10-12H2,1-4H3,(H,20,21,24). The van der Waals surface area contributed by atoms with Gasteiger partial charge in [-0.1, -0.05) is 19.0 Å². The van der Waals surface area contributed by atoms with E-state index in [0.29, 0.717) is 18.6 Å². The number of aromatic nitrogens is 1. The normalized spacial score (nSPS) is 25.7. The minimum absolute atomic E-state index is 0.0246. The first kappa shape index (κ1) is 21.9. The Morgan fingerprint density at radius 2 is 2.17 bits per heavy atom. The first-order valence-electron chi connectivity index (χ1n) is 9.75. The summed E-state index contributed by atoms with van der Waals surface area (Å²) < 4.78 is 37.6. The fraction of sp³-hybridized carbons (Fsp3) is 0.737. The van der Waals surface area contributed by atoms with Crippen LogP contribution in [0, 0.1) is 23.7 Å². The van der Waals surface area contributed by atoms with Gasteiger partial charge < -0.3 is 14.6 Å². The molecule has 2 fully saturated rings. The van der Waals surface area contributed by atoms with Gasteiger partial charge >= 0.3 is 0 Å². The number of nitrogens with zero attached hydrogens (tertiary/aromatic N) is 2. The maximum Gasteiger partial charge on any atom is 0.240 e. The molecule has 0 saturated heterocycles. The third kappa shape index (κ3) is 3.97. The molecule has 0 aromatic carbocycles. The van der Waals surface area contributed by atoms with Crippen molar-refractivity contribution in [3.8, 4) is 0 Å². The number of amides is 1. The number of anilines is 1. The lowest BCUT2D eigenvalue weighted by Gasteiger charge is -2.37. The largest absolute Gasteiger partial charge is 0.383 e. The SMILES string of the molecule is COCCN(CC(=O)Nc1cc(C)on1)S(=O)(=O)CC12CCC(CC1=O)C2(C)C. The topological polar surface area (TPSA) is 119 Å². The maximum absolute atomic E-state index is 13.3. The van der Waals surface area contributed by atoms with E-state index in [1.807, 2.05) is 13.8 Å². The first-order valence-corrected chi connectivity index (χ1v) is 11.4. The van der Waals surface area contributed by atoms with Crippen molar-refractivity contribution >= 4 is 27.5 Å². The number of fused-ring (bicyclic) bond motifs is 2. The third-order valence-corrected chi connectivity index (χ3v) is 8.68. The quantitative estimate of drug-likeness (QED) is 0.636. The molecule has 2 bridgehead atoms. The number of carbonyl (C=O) groups excluding carboxylic acids is 2. The number of methoxy groups -OCH3 is 1. The number of ketones is 1. The summed E-state index contributed by atoms with van der Waals surface area (Å²) in [5.74, 6) is 0.189. The molecule has 0 aliphatic heterocycles. The molecule has 3 rings (SSSR count). The van der Waals surface area contributed by atoms with E-state index in [-0.39, 0.29) is 48.4 Å². The second kappa shape index (κ2) is 7.81. The fourth-order valence-corrected chi connectivity index (χ4v) is 6.94. The number of nitrogens with one attached hydrogen (secondary N) is 1. The first-order chi connectivity index (χ1) is 13.5. The van der Waals surface area contributed by atoms with Gasteiger partial charge in [0.25, 0.3) is 0 Å². The maximum atomic E-state index is 13.3. The summed E-state index contributed by atoms with van der Waals surface area (Å²) >= 11 is 0. The van der Waals surface area contributed by atoms with Crippen LogP contribution in [0.2, 0.25) is 0 Å². The average Bonchev–Trinajstić information content (AvgIpc) is 3.19. The van der Waals surface area contributed by atoms with Gasteiger partial charge in [0.15, 0.2) is 5.82 Å². The van der Waals surface area contributed by atoms with Crippen molar-refractivity contribution < 1.29 is 27.3 Å². The zero-order valence-corrected chi connectivity index (χ0v) is 18.2. The van der Waals surface area contributed by atoms with Crippen LogP contribution in [-0.2, 0) is 24.3 Å². The number of hydrogen-bond donors (Lipinski definition) is 1. The average molecular weight is 428 g/mol. The van der Waals surface area contributed by atoms with Gasteiger partial charge in [-0.25, -0.2) is 8.42 Å². The van der Waals surface area contributed by atoms with Gasteiger partial charge in [-0.15, -0.1) is 0 Å². The second-order valence-electron chi connectivity index (χ2n) is 8.62. The van der Waals surface area contributed by atoms with Crippen LogP contribution in [0.25, 0.3) is 0 Å². The highest BCUT2D eigenvalue weighted by Crippen LogP contribution is 2.64. The van der Waals surface area contributed by atoms with Gasteiger partial charge in [0, 0.05) is 31.6 Å². The zero-order chi connectivity index (χ0) is 21.4. The van der Waals surface area contributed by atoms with Gasteiger partial charge in [-0.2, -0.15) is 4.31 Å². The van der Waals surface area contributed by atoms with E-state index in [0.717, 1.165) is 10.7 Å². The summed E-state index contributed by atoms with van der Waals surface area (Å²) in [5, 5.41) is 6.22. The molecule has 0 spiro atoms. The van der Waals surface area contributed by atoms with Crippen molar-refractivity contribution in [2.24, 2.45) is 16.7 Å². The van der Waals surface area contributed by atoms with Crippen LogP contribution in [0.5, 0.6) is 0 Å². The molecule has 2 aliphatic carbocycles. The molecule has 2 saturated carbocycles. The third-order valence-electron chi connectivity index (χ3n) is 6.72. The summed E-state index contributed by atoms with van der Waals surface area (Å²) in [7, 11) is -2.41. The van der Waals surface area contributed by atoms with E-state index in [2.05, 4.69) is 10.5 Å². The van der Waals surface area contributed by atoms with Crippen molar-refractivity contribution in [1.82, 2.24) is 9.46 Å². The number of rotatable bonds is 9. The Kier molecular flexibility index (Phi) is 5.90. The number of aryl methyl sites for hydroxylation is 1. The molecule has 1 N–H and O–H groups in total. The Morgan fingerprint density at radius 3 is 2.69 bits per heavy atom. The highest BCUT2D eigenvalue weighted by atomic mass is 32.2.